The Labute approximate surface area is 189 Å². The molecule has 1 aromatic carbocycles. The van der Waals surface area contributed by atoms with Gasteiger partial charge in [0.1, 0.15) is 4.70 Å². The number of fused-ring (bicyclic) bond motifs is 1. The average molecular weight is 462 g/mol. The van der Waals surface area contributed by atoms with E-state index in [1.54, 1.807) is 18.8 Å². The number of rotatable bonds is 10. The number of hydrogen-bond acceptors (Lipinski definition) is 7. The van der Waals surface area contributed by atoms with Gasteiger partial charge in [0.15, 0.2) is 16.7 Å². The number of nitrogens with one attached hydrogen (secondary N) is 1. The van der Waals surface area contributed by atoms with Crippen LogP contribution < -0.4 is 20.3 Å². The van der Waals surface area contributed by atoms with Crippen molar-refractivity contribution in [3.05, 3.63) is 45.6 Å². The molecule has 31 heavy (non-hydrogen) atoms. The Morgan fingerprint density at radius 1 is 1.26 bits per heavy atom. The van der Waals surface area contributed by atoms with E-state index in [4.69, 9.17) is 9.47 Å². The zero-order valence-electron chi connectivity index (χ0n) is 18.1. The van der Waals surface area contributed by atoms with E-state index in [2.05, 4.69) is 10.3 Å². The van der Waals surface area contributed by atoms with Crippen molar-refractivity contribution in [3.8, 4) is 11.5 Å². The minimum atomic E-state index is -0.0784. The maximum Gasteiger partial charge on any atom is 0.272 e. The number of aryl methyl sites for hydroxylation is 1. The molecule has 7 nitrogen and oxygen atoms in total. The van der Waals surface area contributed by atoms with E-state index in [0.717, 1.165) is 12.0 Å². The normalized spacial score (nSPS) is 12.0. The second kappa shape index (κ2) is 10.7. The lowest BCUT2D eigenvalue weighted by molar-refractivity contribution is -0.119. The highest BCUT2D eigenvalue weighted by molar-refractivity contribution is 7.99. The molecule has 0 aliphatic rings. The molecular weight excluding hydrogens is 434 g/mol. The Hall–Kier alpha value is -2.52. The number of carbonyl (C=O) groups excluding carboxylic acids is 1. The van der Waals surface area contributed by atoms with Crippen LogP contribution in [-0.2, 0) is 17.8 Å². The highest BCUT2D eigenvalue weighted by atomic mass is 32.2. The van der Waals surface area contributed by atoms with Gasteiger partial charge in [-0.1, -0.05) is 24.8 Å². The van der Waals surface area contributed by atoms with Gasteiger partial charge in [-0.15, -0.1) is 11.3 Å². The van der Waals surface area contributed by atoms with Crippen LogP contribution in [0.5, 0.6) is 11.5 Å². The van der Waals surface area contributed by atoms with E-state index in [0.29, 0.717) is 39.8 Å². The van der Waals surface area contributed by atoms with Gasteiger partial charge in [-0.25, -0.2) is 4.98 Å². The molecule has 0 radical (unpaired) electrons. The molecule has 1 atom stereocenters. The second-order valence-electron chi connectivity index (χ2n) is 7.09. The highest BCUT2D eigenvalue weighted by Crippen LogP contribution is 2.28. The molecule has 3 rings (SSSR count). The van der Waals surface area contributed by atoms with Crippen LogP contribution in [0.3, 0.4) is 0 Å². The van der Waals surface area contributed by atoms with Gasteiger partial charge in [-0.05, 0) is 48.9 Å². The lowest BCUT2D eigenvalue weighted by atomic mass is 10.1. The van der Waals surface area contributed by atoms with Crippen molar-refractivity contribution < 1.29 is 14.3 Å². The van der Waals surface area contributed by atoms with Gasteiger partial charge >= 0.3 is 0 Å². The molecular formula is C22H27N3O4S2. The summed E-state index contributed by atoms with van der Waals surface area (Å²) in [5.74, 6) is 1.46. The molecule has 0 saturated heterocycles. The fraction of sp³-hybridized carbons (Fsp3) is 0.409. The fourth-order valence-corrected chi connectivity index (χ4v) is 4.67. The zero-order chi connectivity index (χ0) is 22.4. The van der Waals surface area contributed by atoms with E-state index in [1.165, 1.54) is 23.1 Å². The van der Waals surface area contributed by atoms with Gasteiger partial charge in [0.2, 0.25) is 5.91 Å². The number of hydrogen-bond donors (Lipinski definition) is 1. The molecule has 0 spiro atoms. The molecule has 0 aliphatic carbocycles. The molecule has 1 unspecified atom stereocenters. The number of nitrogens with zero attached hydrogens (tertiary/aromatic N) is 2. The number of aromatic nitrogens is 2. The van der Waals surface area contributed by atoms with Crippen LogP contribution in [0, 0.1) is 0 Å². The van der Waals surface area contributed by atoms with Crippen molar-refractivity contribution in [2.24, 2.45) is 0 Å². The zero-order valence-corrected chi connectivity index (χ0v) is 19.8. The quantitative estimate of drug-likeness (QED) is 0.366. The summed E-state index contributed by atoms with van der Waals surface area (Å²) in [6, 6.07) is 7.67. The molecule has 2 aromatic heterocycles. The smallest absolute Gasteiger partial charge is 0.272 e. The summed E-state index contributed by atoms with van der Waals surface area (Å²) < 4.78 is 13.0. The predicted molar refractivity (Wildman–Crippen MR) is 126 cm³/mol. The number of ether oxygens (including phenoxy) is 2. The van der Waals surface area contributed by atoms with Crippen LogP contribution in [0.15, 0.2) is 39.6 Å². The van der Waals surface area contributed by atoms with Crippen LogP contribution in [0.4, 0.5) is 0 Å². The summed E-state index contributed by atoms with van der Waals surface area (Å²) in [4.78, 5) is 30.0. The molecule has 0 fully saturated rings. The van der Waals surface area contributed by atoms with Crippen LogP contribution in [-0.4, -0.2) is 41.5 Å². The van der Waals surface area contributed by atoms with E-state index in [1.807, 2.05) is 43.5 Å². The predicted octanol–water partition coefficient (Wildman–Crippen LogP) is 3.72. The largest absolute Gasteiger partial charge is 0.493 e. The topological polar surface area (TPSA) is 82.5 Å². The molecule has 2 heterocycles. The number of benzene rings is 1. The van der Waals surface area contributed by atoms with E-state index >= 15 is 0 Å². The number of thiophene rings is 1. The third kappa shape index (κ3) is 5.59. The average Bonchev–Trinajstić information content (AvgIpc) is 3.25. The van der Waals surface area contributed by atoms with Crippen molar-refractivity contribution in [3.63, 3.8) is 0 Å². The van der Waals surface area contributed by atoms with Crippen molar-refractivity contribution in [2.75, 3.05) is 20.0 Å². The molecule has 0 saturated carbocycles. The van der Waals surface area contributed by atoms with Crippen molar-refractivity contribution in [1.29, 1.82) is 0 Å². The van der Waals surface area contributed by atoms with E-state index in [9.17, 15) is 9.59 Å². The molecule has 166 valence electrons. The van der Waals surface area contributed by atoms with Crippen LogP contribution in [0.1, 0.15) is 25.8 Å². The van der Waals surface area contributed by atoms with E-state index < -0.39 is 0 Å². The van der Waals surface area contributed by atoms with Crippen LogP contribution in [0.25, 0.3) is 10.2 Å². The number of amides is 1. The van der Waals surface area contributed by atoms with Crippen molar-refractivity contribution >= 4 is 39.2 Å². The molecule has 0 bridgehead atoms. The van der Waals surface area contributed by atoms with Crippen LogP contribution >= 0.6 is 23.1 Å². The van der Waals surface area contributed by atoms with Gasteiger partial charge in [-0.3, -0.25) is 14.2 Å². The fourth-order valence-electron chi connectivity index (χ4n) is 3.06. The summed E-state index contributed by atoms with van der Waals surface area (Å²) in [5.41, 5.74) is 1.61. The Morgan fingerprint density at radius 2 is 2.03 bits per heavy atom. The lowest BCUT2D eigenvalue weighted by Gasteiger charge is -2.14. The number of thioether (sulfide) groups is 1. The van der Waals surface area contributed by atoms with Crippen LogP contribution in [0.2, 0.25) is 0 Å². The first-order chi connectivity index (χ1) is 15.0. The van der Waals surface area contributed by atoms with E-state index in [-0.39, 0.29) is 23.3 Å². The third-order valence-electron chi connectivity index (χ3n) is 4.95. The molecule has 1 N–H and O–H groups in total. The minimum Gasteiger partial charge on any atom is -0.493 e. The molecule has 1 amide bonds. The Kier molecular flexibility index (Phi) is 7.97. The Morgan fingerprint density at radius 3 is 2.74 bits per heavy atom. The van der Waals surface area contributed by atoms with Crippen molar-refractivity contribution in [1.82, 2.24) is 14.9 Å². The van der Waals surface area contributed by atoms with Gasteiger partial charge in [0.05, 0.1) is 25.5 Å². The summed E-state index contributed by atoms with van der Waals surface area (Å²) in [6.07, 6.45) is 1.48. The summed E-state index contributed by atoms with van der Waals surface area (Å²) >= 11 is 2.67. The highest BCUT2D eigenvalue weighted by Gasteiger charge is 2.15. The number of methoxy groups -OCH3 is 2. The first-order valence-electron chi connectivity index (χ1n) is 10.1. The first-order valence-corrected chi connectivity index (χ1v) is 11.9. The van der Waals surface area contributed by atoms with Gasteiger partial charge in [0, 0.05) is 12.6 Å². The summed E-state index contributed by atoms with van der Waals surface area (Å²) in [7, 11) is 3.19. The minimum absolute atomic E-state index is 0.0644. The standard InChI is InChI=1S/C22H27N3O4S2/c1-5-14(2)23-19(26)13-31-22-24-16-9-11-30-20(16)21(27)25(22)10-8-15-6-7-17(28-3)18(12-15)29-4/h6-7,9,11-12,14H,5,8,10,13H2,1-4H3,(H,23,26). The maximum absolute atomic E-state index is 13.1. The third-order valence-corrected chi connectivity index (χ3v) is 6.82. The SMILES string of the molecule is CCC(C)NC(=O)CSc1nc2ccsc2c(=O)n1CCc1ccc(OC)c(OC)c1. The molecule has 9 heteroatoms. The van der Waals surface area contributed by atoms with Gasteiger partial charge < -0.3 is 14.8 Å². The summed E-state index contributed by atoms with van der Waals surface area (Å²) in [6.45, 7) is 4.44. The van der Waals surface area contributed by atoms with Gasteiger partial charge in [-0.2, -0.15) is 0 Å². The first kappa shape index (κ1) is 23.1. The number of carbonyl (C=O) groups is 1. The second-order valence-corrected chi connectivity index (χ2v) is 8.95. The lowest BCUT2D eigenvalue weighted by Crippen LogP contribution is -2.33. The molecule has 0 aliphatic heterocycles. The van der Waals surface area contributed by atoms with Gasteiger partial charge in [0.25, 0.3) is 5.56 Å². The molecule has 3 aromatic rings. The monoisotopic (exact) mass is 461 g/mol. The Bertz CT molecular complexity index is 1110. The van der Waals surface area contributed by atoms with Crippen molar-refractivity contribution in [2.45, 2.75) is 44.4 Å². The summed E-state index contributed by atoms with van der Waals surface area (Å²) in [5, 5.41) is 5.36. The maximum atomic E-state index is 13.1. The Balaban J connectivity index is 1.83.